The Balaban J connectivity index is 1.28. The maximum Gasteiger partial charge on any atom is 0.245 e. The molecule has 2 atom stereocenters. The summed E-state index contributed by atoms with van der Waals surface area (Å²) in [5, 5.41) is 25.2. The van der Waals surface area contributed by atoms with E-state index in [1.807, 2.05) is 12.1 Å². The largest absolute Gasteiger partial charge is 0.339 e. The lowest BCUT2D eigenvalue weighted by molar-refractivity contribution is 0.218. The van der Waals surface area contributed by atoms with E-state index < -0.39 is 0 Å². The van der Waals surface area contributed by atoms with Crippen molar-refractivity contribution in [1.82, 2.24) is 45.5 Å². The van der Waals surface area contributed by atoms with Crippen LogP contribution < -0.4 is 10.2 Å². The number of nitrogens with zero attached hydrogens (tertiary/aromatic N) is 8. The van der Waals surface area contributed by atoms with E-state index in [4.69, 9.17) is 0 Å². The molecule has 2 bridgehead atoms. The van der Waals surface area contributed by atoms with Crippen molar-refractivity contribution in [3.05, 3.63) is 37.2 Å². The maximum absolute atomic E-state index is 4.66. The van der Waals surface area contributed by atoms with Crippen LogP contribution in [0.4, 0.5) is 5.95 Å². The molecule has 1 aromatic carbocycles. The van der Waals surface area contributed by atoms with Crippen molar-refractivity contribution in [3.8, 4) is 16.9 Å². The van der Waals surface area contributed by atoms with Crippen molar-refractivity contribution < 1.29 is 0 Å². The van der Waals surface area contributed by atoms with Gasteiger partial charge in [-0.2, -0.15) is 10.2 Å². The highest BCUT2D eigenvalue weighted by Crippen LogP contribution is 2.31. The highest BCUT2D eigenvalue weighted by atomic mass is 15.3. The quantitative estimate of drug-likeness (QED) is 0.520. The topological polar surface area (TPSA) is 113 Å². The number of H-pyrrole nitrogens is 1. The van der Waals surface area contributed by atoms with Gasteiger partial charge in [-0.25, -0.2) is 14.6 Å². The van der Waals surface area contributed by atoms with Crippen LogP contribution in [0.2, 0.25) is 0 Å². The van der Waals surface area contributed by atoms with E-state index in [0.717, 1.165) is 40.7 Å². The van der Waals surface area contributed by atoms with Gasteiger partial charge in [-0.15, -0.1) is 10.2 Å². The number of anilines is 1. The Morgan fingerprint density at radius 1 is 1.10 bits per heavy atom. The van der Waals surface area contributed by atoms with Crippen LogP contribution in [0.15, 0.2) is 37.2 Å². The van der Waals surface area contributed by atoms with Crippen LogP contribution in [0.5, 0.6) is 0 Å². The minimum absolute atomic E-state index is 0.451. The Kier molecular flexibility index (Phi) is 4.37. The monoisotopic (exact) mass is 416 g/mol. The second-order valence-corrected chi connectivity index (χ2v) is 8.50. The molecule has 0 aliphatic carbocycles. The van der Waals surface area contributed by atoms with Gasteiger partial charge < -0.3 is 10.2 Å². The third kappa shape index (κ3) is 3.23. The molecular formula is C21H24N10. The van der Waals surface area contributed by atoms with Crippen LogP contribution >= 0.6 is 0 Å². The number of piperidine rings is 2. The molecule has 4 aromatic rings. The summed E-state index contributed by atoms with van der Waals surface area (Å²) in [6, 6.07) is 5.65. The van der Waals surface area contributed by atoms with E-state index >= 15 is 0 Å². The number of aromatic amines is 1. The molecule has 2 aliphatic rings. The van der Waals surface area contributed by atoms with E-state index in [9.17, 15) is 0 Å². The summed E-state index contributed by atoms with van der Waals surface area (Å²) in [4.78, 5) is 10.9. The summed E-state index contributed by atoms with van der Waals surface area (Å²) >= 11 is 0. The molecule has 2 fully saturated rings. The number of rotatable bonds is 4. The van der Waals surface area contributed by atoms with E-state index in [1.165, 1.54) is 25.6 Å². The molecule has 0 saturated carbocycles. The van der Waals surface area contributed by atoms with E-state index in [1.54, 1.807) is 23.4 Å². The molecule has 158 valence electrons. The molecule has 0 amide bonds. The Labute approximate surface area is 179 Å². The predicted octanol–water partition coefficient (Wildman–Crippen LogP) is 2.10. The van der Waals surface area contributed by atoms with Crippen molar-refractivity contribution in [1.29, 1.82) is 0 Å². The van der Waals surface area contributed by atoms with Gasteiger partial charge in [-0.1, -0.05) is 6.42 Å². The highest BCUT2D eigenvalue weighted by Gasteiger charge is 2.33. The van der Waals surface area contributed by atoms with Crippen LogP contribution in [-0.2, 0) is 0 Å². The summed E-state index contributed by atoms with van der Waals surface area (Å²) in [5.74, 6) is 0.677. The first-order valence-corrected chi connectivity index (χ1v) is 10.8. The van der Waals surface area contributed by atoms with Gasteiger partial charge in [0.2, 0.25) is 5.95 Å². The van der Waals surface area contributed by atoms with Gasteiger partial charge in [-0.05, 0) is 37.8 Å². The fourth-order valence-electron chi connectivity index (χ4n) is 5.04. The molecule has 3 aromatic heterocycles. The van der Waals surface area contributed by atoms with Gasteiger partial charge in [0.05, 0.1) is 23.6 Å². The Morgan fingerprint density at radius 3 is 2.71 bits per heavy atom. The molecule has 31 heavy (non-hydrogen) atoms. The van der Waals surface area contributed by atoms with Crippen LogP contribution in [0, 0.1) is 0 Å². The van der Waals surface area contributed by atoms with Crippen LogP contribution in [-0.4, -0.2) is 65.3 Å². The van der Waals surface area contributed by atoms with E-state index in [2.05, 4.69) is 52.7 Å². The SMILES string of the molecule is CN(c1ncc(-c2ccc(-n3cncn3)c3[nH]ncc23)nn1)C1C[C@@H]2CCC[C@@H](C1)N2. The number of hydrogen-bond acceptors (Lipinski definition) is 8. The van der Waals surface area contributed by atoms with Crippen molar-refractivity contribution in [2.24, 2.45) is 0 Å². The van der Waals surface area contributed by atoms with Gasteiger partial charge >= 0.3 is 0 Å². The van der Waals surface area contributed by atoms with E-state index in [0.29, 0.717) is 24.1 Å². The fraction of sp³-hybridized carbons (Fsp3) is 0.429. The molecule has 6 rings (SSSR count). The summed E-state index contributed by atoms with van der Waals surface area (Å²) in [5.41, 5.74) is 3.39. The normalized spacial score (nSPS) is 23.2. The molecule has 2 N–H and O–H groups in total. The third-order valence-corrected chi connectivity index (χ3v) is 6.64. The number of aromatic nitrogens is 8. The third-order valence-electron chi connectivity index (χ3n) is 6.64. The molecule has 0 unspecified atom stereocenters. The van der Waals surface area contributed by atoms with Gasteiger partial charge in [0.1, 0.15) is 18.3 Å². The van der Waals surface area contributed by atoms with Crippen molar-refractivity contribution >= 4 is 16.9 Å². The molecule has 2 saturated heterocycles. The molecular weight excluding hydrogens is 392 g/mol. The van der Waals surface area contributed by atoms with Crippen LogP contribution in [0.1, 0.15) is 32.1 Å². The fourth-order valence-corrected chi connectivity index (χ4v) is 5.04. The average Bonchev–Trinajstić information content (AvgIpc) is 3.50. The lowest BCUT2D eigenvalue weighted by Gasteiger charge is -2.43. The lowest BCUT2D eigenvalue weighted by Crippen LogP contribution is -2.54. The number of fused-ring (bicyclic) bond motifs is 3. The minimum atomic E-state index is 0.451. The Hall–Kier alpha value is -3.40. The van der Waals surface area contributed by atoms with Gasteiger partial charge in [-0.3, -0.25) is 5.10 Å². The summed E-state index contributed by atoms with van der Waals surface area (Å²) in [6.45, 7) is 0. The zero-order chi connectivity index (χ0) is 20.8. The molecule has 0 radical (unpaired) electrons. The predicted molar refractivity (Wildman–Crippen MR) is 116 cm³/mol. The van der Waals surface area contributed by atoms with E-state index in [-0.39, 0.29) is 0 Å². The lowest BCUT2D eigenvalue weighted by atomic mass is 9.83. The number of nitrogens with one attached hydrogen (secondary N) is 2. The standard InChI is InChI=1S/C21H24N10/c1-30(15-7-13-3-2-4-14(8-15)26-13)21-23-10-18(27-29-21)16-5-6-19(31-12-22-11-25-31)20-17(16)9-24-28-20/h5-6,9-15,26H,2-4,7-8H2,1H3,(H,24,28)/t13-,14-/m0/s1. The number of hydrogen-bond donors (Lipinski definition) is 2. The van der Waals surface area contributed by atoms with Crippen molar-refractivity contribution in [2.45, 2.75) is 50.2 Å². The molecule has 10 nitrogen and oxygen atoms in total. The van der Waals surface area contributed by atoms with Crippen molar-refractivity contribution in [2.75, 3.05) is 11.9 Å². The number of benzene rings is 1. The maximum atomic E-state index is 4.66. The summed E-state index contributed by atoms with van der Waals surface area (Å²) in [7, 11) is 2.09. The highest BCUT2D eigenvalue weighted by molar-refractivity contribution is 5.97. The Bertz CT molecular complexity index is 1170. The Morgan fingerprint density at radius 2 is 1.97 bits per heavy atom. The van der Waals surface area contributed by atoms with Gasteiger partial charge in [0, 0.05) is 36.1 Å². The first kappa shape index (κ1) is 18.4. The van der Waals surface area contributed by atoms with Crippen LogP contribution in [0.25, 0.3) is 27.8 Å². The van der Waals surface area contributed by atoms with Gasteiger partial charge in [0.25, 0.3) is 0 Å². The molecule has 5 heterocycles. The zero-order valence-corrected chi connectivity index (χ0v) is 17.3. The summed E-state index contributed by atoms with van der Waals surface area (Å²) in [6.07, 6.45) is 12.9. The minimum Gasteiger partial charge on any atom is -0.339 e. The molecule has 10 heteroatoms. The molecule has 0 spiro atoms. The van der Waals surface area contributed by atoms with Gasteiger partial charge in [0.15, 0.2) is 0 Å². The molecule has 2 aliphatic heterocycles. The zero-order valence-electron chi connectivity index (χ0n) is 17.3. The first-order valence-electron chi connectivity index (χ1n) is 10.8. The second kappa shape index (κ2) is 7.38. The first-order chi connectivity index (χ1) is 15.3. The second-order valence-electron chi connectivity index (χ2n) is 8.50. The van der Waals surface area contributed by atoms with Crippen molar-refractivity contribution in [3.63, 3.8) is 0 Å². The van der Waals surface area contributed by atoms with Crippen LogP contribution in [0.3, 0.4) is 0 Å². The summed E-state index contributed by atoms with van der Waals surface area (Å²) < 4.78 is 1.71. The smallest absolute Gasteiger partial charge is 0.245 e. The average molecular weight is 416 g/mol.